The SMILES string of the molecule is Cn1ncc(C#N)c1NC(=O)C1CCC(F)(F)C1. The molecule has 1 fully saturated rings. The van der Waals surface area contributed by atoms with E-state index in [0.29, 0.717) is 0 Å². The minimum atomic E-state index is -2.76. The zero-order chi connectivity index (χ0) is 13.3. The smallest absolute Gasteiger partial charge is 0.248 e. The van der Waals surface area contributed by atoms with Gasteiger partial charge in [-0.05, 0) is 6.42 Å². The van der Waals surface area contributed by atoms with Gasteiger partial charge in [-0.1, -0.05) is 0 Å². The topological polar surface area (TPSA) is 70.7 Å². The fourth-order valence-electron chi connectivity index (χ4n) is 2.06. The van der Waals surface area contributed by atoms with Gasteiger partial charge in [-0.2, -0.15) is 10.4 Å². The molecule has 0 aromatic carbocycles. The van der Waals surface area contributed by atoms with Gasteiger partial charge in [0.05, 0.1) is 6.20 Å². The first-order valence-electron chi connectivity index (χ1n) is 5.54. The third-order valence-electron chi connectivity index (χ3n) is 3.08. The van der Waals surface area contributed by atoms with E-state index in [1.165, 1.54) is 10.9 Å². The Labute approximate surface area is 102 Å². The van der Waals surface area contributed by atoms with Crippen molar-refractivity contribution in [1.82, 2.24) is 9.78 Å². The van der Waals surface area contributed by atoms with Gasteiger partial charge in [-0.15, -0.1) is 0 Å². The summed E-state index contributed by atoms with van der Waals surface area (Å²) in [5.74, 6) is -3.70. The lowest BCUT2D eigenvalue weighted by molar-refractivity contribution is -0.120. The average Bonchev–Trinajstić information content (AvgIpc) is 2.83. The van der Waals surface area contributed by atoms with Gasteiger partial charge in [0.2, 0.25) is 11.8 Å². The van der Waals surface area contributed by atoms with Gasteiger partial charge in [0, 0.05) is 25.8 Å². The summed E-state index contributed by atoms with van der Waals surface area (Å²) in [6.07, 6.45) is 0.789. The Morgan fingerprint density at radius 2 is 2.44 bits per heavy atom. The highest BCUT2D eigenvalue weighted by Crippen LogP contribution is 2.39. The van der Waals surface area contributed by atoms with Gasteiger partial charge in [0.25, 0.3) is 0 Å². The lowest BCUT2D eigenvalue weighted by Gasteiger charge is -2.11. The van der Waals surface area contributed by atoms with Crippen LogP contribution in [-0.4, -0.2) is 21.6 Å². The number of rotatable bonds is 2. The number of aryl methyl sites for hydroxylation is 1. The molecule has 96 valence electrons. The van der Waals surface area contributed by atoms with E-state index < -0.39 is 24.2 Å². The molecular formula is C11H12F2N4O. The lowest BCUT2D eigenvalue weighted by atomic mass is 10.1. The number of alkyl halides is 2. The molecule has 1 aromatic rings. The molecule has 1 aliphatic carbocycles. The zero-order valence-electron chi connectivity index (χ0n) is 9.78. The molecule has 1 saturated carbocycles. The van der Waals surface area contributed by atoms with Crippen molar-refractivity contribution >= 4 is 11.7 Å². The molecule has 1 heterocycles. The number of carbonyl (C=O) groups is 1. The Hall–Kier alpha value is -1.97. The fraction of sp³-hybridized carbons (Fsp3) is 0.545. The Balaban J connectivity index is 2.09. The summed E-state index contributed by atoms with van der Waals surface area (Å²) in [6, 6.07) is 1.88. The van der Waals surface area contributed by atoms with Crippen LogP contribution in [0.15, 0.2) is 6.20 Å². The van der Waals surface area contributed by atoms with Crippen LogP contribution in [0.3, 0.4) is 0 Å². The molecular weight excluding hydrogens is 242 g/mol. The number of nitrogens with zero attached hydrogens (tertiary/aromatic N) is 3. The van der Waals surface area contributed by atoms with Crippen LogP contribution in [0.1, 0.15) is 24.8 Å². The average molecular weight is 254 g/mol. The van der Waals surface area contributed by atoms with Crippen LogP contribution in [0.5, 0.6) is 0 Å². The number of hydrogen-bond acceptors (Lipinski definition) is 3. The van der Waals surface area contributed by atoms with Crippen molar-refractivity contribution in [2.45, 2.75) is 25.2 Å². The highest BCUT2D eigenvalue weighted by Gasteiger charge is 2.42. The van der Waals surface area contributed by atoms with E-state index in [9.17, 15) is 13.6 Å². The number of aromatic nitrogens is 2. The summed E-state index contributed by atoms with van der Waals surface area (Å²) in [6.45, 7) is 0. The van der Waals surface area contributed by atoms with Crippen molar-refractivity contribution in [2.24, 2.45) is 13.0 Å². The summed E-state index contributed by atoms with van der Waals surface area (Å²) in [5, 5.41) is 15.1. The number of nitriles is 1. The number of carbonyl (C=O) groups excluding carboxylic acids is 1. The van der Waals surface area contributed by atoms with E-state index >= 15 is 0 Å². The van der Waals surface area contributed by atoms with E-state index in [-0.39, 0.29) is 24.2 Å². The summed E-state index contributed by atoms with van der Waals surface area (Å²) in [5.41, 5.74) is 0.218. The van der Waals surface area contributed by atoms with Gasteiger partial charge >= 0.3 is 0 Å². The first-order chi connectivity index (χ1) is 8.43. The Bertz CT molecular complexity index is 518. The molecule has 1 unspecified atom stereocenters. The minimum absolute atomic E-state index is 0.165. The molecule has 0 radical (unpaired) electrons. The Morgan fingerprint density at radius 1 is 1.72 bits per heavy atom. The molecule has 0 aliphatic heterocycles. The molecule has 1 atom stereocenters. The van der Waals surface area contributed by atoms with Crippen molar-refractivity contribution in [3.8, 4) is 6.07 Å². The molecule has 1 aromatic heterocycles. The number of anilines is 1. The van der Waals surface area contributed by atoms with Crippen LogP contribution in [0.25, 0.3) is 0 Å². The van der Waals surface area contributed by atoms with Crippen molar-refractivity contribution < 1.29 is 13.6 Å². The van der Waals surface area contributed by atoms with Gasteiger partial charge < -0.3 is 5.32 Å². The maximum atomic E-state index is 13.0. The Kier molecular flexibility index (Phi) is 3.03. The molecule has 7 heteroatoms. The predicted octanol–water partition coefficient (Wildman–Crippen LogP) is 1.67. The van der Waals surface area contributed by atoms with E-state index in [2.05, 4.69) is 10.4 Å². The van der Waals surface area contributed by atoms with Crippen molar-refractivity contribution in [1.29, 1.82) is 5.26 Å². The number of halogens is 2. The monoisotopic (exact) mass is 254 g/mol. The number of nitrogens with one attached hydrogen (secondary N) is 1. The Morgan fingerprint density at radius 3 is 3.00 bits per heavy atom. The molecule has 0 bridgehead atoms. The standard InChI is InChI=1S/C11H12F2N4O/c1-17-9(8(5-14)6-15-17)16-10(18)7-2-3-11(12,13)4-7/h6-7H,2-4H2,1H3,(H,16,18). The summed E-state index contributed by atoms with van der Waals surface area (Å²) >= 11 is 0. The molecule has 2 rings (SSSR count). The first-order valence-corrected chi connectivity index (χ1v) is 5.54. The van der Waals surface area contributed by atoms with Crippen LogP contribution in [0.2, 0.25) is 0 Å². The van der Waals surface area contributed by atoms with Gasteiger partial charge in [-0.25, -0.2) is 8.78 Å². The van der Waals surface area contributed by atoms with E-state index in [1.807, 2.05) is 6.07 Å². The third kappa shape index (κ3) is 2.32. The summed E-state index contributed by atoms with van der Waals surface area (Å²) < 4.78 is 27.4. The van der Waals surface area contributed by atoms with Crippen molar-refractivity contribution in [3.63, 3.8) is 0 Å². The second kappa shape index (κ2) is 4.37. The van der Waals surface area contributed by atoms with Crippen LogP contribution < -0.4 is 5.32 Å². The van der Waals surface area contributed by atoms with E-state index in [0.717, 1.165) is 0 Å². The highest BCUT2D eigenvalue weighted by molar-refractivity contribution is 5.93. The molecule has 1 amide bonds. The fourth-order valence-corrected chi connectivity index (χ4v) is 2.06. The quantitative estimate of drug-likeness (QED) is 0.872. The van der Waals surface area contributed by atoms with Gasteiger partial charge in [0.1, 0.15) is 17.5 Å². The highest BCUT2D eigenvalue weighted by atomic mass is 19.3. The molecule has 1 aliphatic rings. The van der Waals surface area contributed by atoms with Gasteiger partial charge in [0.15, 0.2) is 0 Å². The molecule has 0 saturated heterocycles. The van der Waals surface area contributed by atoms with Crippen LogP contribution in [0.4, 0.5) is 14.6 Å². The van der Waals surface area contributed by atoms with Crippen molar-refractivity contribution in [2.75, 3.05) is 5.32 Å². The summed E-state index contributed by atoms with van der Waals surface area (Å²) in [4.78, 5) is 11.8. The molecule has 1 N–H and O–H groups in total. The second-order valence-electron chi connectivity index (χ2n) is 4.43. The minimum Gasteiger partial charge on any atom is -0.310 e. The molecule has 18 heavy (non-hydrogen) atoms. The normalized spacial score (nSPS) is 21.6. The number of hydrogen-bond donors (Lipinski definition) is 1. The predicted molar refractivity (Wildman–Crippen MR) is 58.8 cm³/mol. The second-order valence-corrected chi connectivity index (χ2v) is 4.43. The van der Waals surface area contributed by atoms with E-state index in [4.69, 9.17) is 5.26 Å². The molecule has 5 nitrogen and oxygen atoms in total. The first kappa shape index (κ1) is 12.5. The molecule has 0 spiro atoms. The van der Waals surface area contributed by atoms with Crippen molar-refractivity contribution in [3.05, 3.63) is 11.8 Å². The zero-order valence-corrected chi connectivity index (χ0v) is 9.78. The third-order valence-corrected chi connectivity index (χ3v) is 3.08. The largest absolute Gasteiger partial charge is 0.310 e. The maximum Gasteiger partial charge on any atom is 0.248 e. The van der Waals surface area contributed by atoms with Crippen LogP contribution in [-0.2, 0) is 11.8 Å². The van der Waals surface area contributed by atoms with Crippen LogP contribution >= 0.6 is 0 Å². The number of amides is 1. The lowest BCUT2D eigenvalue weighted by Crippen LogP contribution is -2.24. The maximum absolute atomic E-state index is 13.0. The summed E-state index contributed by atoms with van der Waals surface area (Å²) in [7, 11) is 1.57. The van der Waals surface area contributed by atoms with Crippen LogP contribution in [0, 0.1) is 17.2 Å². The van der Waals surface area contributed by atoms with E-state index in [1.54, 1.807) is 7.05 Å². The van der Waals surface area contributed by atoms with Gasteiger partial charge in [-0.3, -0.25) is 9.48 Å².